The van der Waals surface area contributed by atoms with Gasteiger partial charge in [-0.1, -0.05) is 6.92 Å². The van der Waals surface area contributed by atoms with E-state index < -0.39 is 11.5 Å². The van der Waals surface area contributed by atoms with Crippen molar-refractivity contribution in [3.63, 3.8) is 0 Å². The number of urea groups is 1. The molecule has 5 heteroatoms. The smallest absolute Gasteiger partial charge is 0.329 e. The lowest BCUT2D eigenvalue weighted by atomic mass is 9.92. The predicted molar refractivity (Wildman–Crippen MR) is 76.6 cm³/mol. The summed E-state index contributed by atoms with van der Waals surface area (Å²) in [6, 6.07) is 0.330. The summed E-state index contributed by atoms with van der Waals surface area (Å²) in [4.78, 5) is 28.1. The Bertz CT molecular complexity index is 389. The molecule has 20 heavy (non-hydrogen) atoms. The first-order chi connectivity index (χ1) is 9.44. The minimum absolute atomic E-state index is 0.0774. The number of carboxylic acids is 1. The van der Waals surface area contributed by atoms with Gasteiger partial charge in [0.15, 0.2) is 0 Å². The predicted octanol–water partition coefficient (Wildman–Crippen LogP) is 2.70. The maximum absolute atomic E-state index is 12.9. The van der Waals surface area contributed by atoms with E-state index in [9.17, 15) is 14.7 Å². The van der Waals surface area contributed by atoms with E-state index in [0.29, 0.717) is 19.4 Å². The second kappa shape index (κ2) is 5.62. The average Bonchev–Trinajstić information content (AvgIpc) is 2.83. The number of hydrogen-bond donors (Lipinski definition) is 1. The van der Waals surface area contributed by atoms with Crippen LogP contribution in [0.25, 0.3) is 0 Å². The molecule has 2 heterocycles. The topological polar surface area (TPSA) is 60.9 Å². The van der Waals surface area contributed by atoms with Gasteiger partial charge in [0.1, 0.15) is 5.54 Å². The van der Waals surface area contributed by atoms with E-state index in [1.165, 1.54) is 0 Å². The maximum Gasteiger partial charge on any atom is 0.329 e. The number of rotatable bonds is 2. The number of hydrogen-bond acceptors (Lipinski definition) is 2. The van der Waals surface area contributed by atoms with E-state index in [1.54, 1.807) is 4.90 Å². The first-order valence-corrected chi connectivity index (χ1v) is 7.77. The van der Waals surface area contributed by atoms with Crippen molar-refractivity contribution in [1.29, 1.82) is 0 Å². The molecule has 0 spiro atoms. The molecule has 2 fully saturated rings. The largest absolute Gasteiger partial charge is 0.479 e. The number of carbonyl (C=O) groups excluding carboxylic acids is 1. The zero-order valence-corrected chi connectivity index (χ0v) is 12.8. The summed E-state index contributed by atoms with van der Waals surface area (Å²) in [7, 11) is 0. The van der Waals surface area contributed by atoms with E-state index in [1.807, 2.05) is 11.8 Å². The Morgan fingerprint density at radius 2 is 1.80 bits per heavy atom. The third-order valence-corrected chi connectivity index (χ3v) is 5.12. The fourth-order valence-corrected chi connectivity index (χ4v) is 3.84. The van der Waals surface area contributed by atoms with Crippen LogP contribution in [0.15, 0.2) is 0 Å². The molecule has 2 amide bonds. The minimum atomic E-state index is -0.992. The number of piperidine rings is 1. The quantitative estimate of drug-likeness (QED) is 0.847. The maximum atomic E-state index is 12.9. The lowest BCUT2D eigenvalue weighted by Crippen LogP contribution is -2.60. The molecule has 0 aromatic carbocycles. The van der Waals surface area contributed by atoms with E-state index in [0.717, 1.165) is 25.7 Å². The van der Waals surface area contributed by atoms with Crippen LogP contribution < -0.4 is 0 Å². The van der Waals surface area contributed by atoms with Crippen LogP contribution in [0.2, 0.25) is 0 Å². The Balaban J connectivity index is 2.25. The van der Waals surface area contributed by atoms with E-state index in [-0.39, 0.29) is 18.1 Å². The van der Waals surface area contributed by atoms with E-state index in [4.69, 9.17) is 0 Å². The van der Waals surface area contributed by atoms with Crippen molar-refractivity contribution in [2.24, 2.45) is 0 Å². The lowest BCUT2D eigenvalue weighted by molar-refractivity contribution is -0.148. The Labute approximate surface area is 120 Å². The molecule has 0 aliphatic carbocycles. The SMILES string of the molecule is CCC1(C(=O)O)CCCN1C(=O)N1C(C)CCCC1C. The Morgan fingerprint density at radius 1 is 1.20 bits per heavy atom. The summed E-state index contributed by atoms with van der Waals surface area (Å²) < 4.78 is 0. The molecule has 114 valence electrons. The average molecular weight is 282 g/mol. The molecular formula is C15H26N2O3. The van der Waals surface area contributed by atoms with Gasteiger partial charge in [0.25, 0.3) is 0 Å². The Morgan fingerprint density at radius 3 is 2.30 bits per heavy atom. The van der Waals surface area contributed by atoms with Crippen molar-refractivity contribution in [2.75, 3.05) is 6.54 Å². The highest BCUT2D eigenvalue weighted by Crippen LogP contribution is 2.35. The van der Waals surface area contributed by atoms with Crippen molar-refractivity contribution >= 4 is 12.0 Å². The molecule has 0 saturated carbocycles. The number of likely N-dealkylation sites (tertiary alicyclic amines) is 2. The normalized spacial score (nSPS) is 34.4. The molecule has 0 bridgehead atoms. The molecule has 2 rings (SSSR count). The van der Waals surface area contributed by atoms with Crippen molar-refractivity contribution in [3.8, 4) is 0 Å². The highest BCUT2D eigenvalue weighted by Gasteiger charge is 2.50. The lowest BCUT2D eigenvalue weighted by Gasteiger charge is -2.44. The summed E-state index contributed by atoms with van der Waals surface area (Å²) >= 11 is 0. The zero-order chi connectivity index (χ0) is 14.9. The highest BCUT2D eigenvalue weighted by atomic mass is 16.4. The van der Waals surface area contributed by atoms with Crippen LogP contribution in [-0.4, -0.2) is 51.1 Å². The molecule has 0 radical (unpaired) electrons. The third kappa shape index (κ3) is 2.27. The third-order valence-electron chi connectivity index (χ3n) is 5.12. The van der Waals surface area contributed by atoms with Crippen LogP contribution in [0.1, 0.15) is 59.3 Å². The zero-order valence-electron chi connectivity index (χ0n) is 12.8. The Kier molecular flexibility index (Phi) is 4.25. The first-order valence-electron chi connectivity index (χ1n) is 7.77. The molecular weight excluding hydrogens is 256 g/mol. The van der Waals surface area contributed by atoms with Crippen molar-refractivity contribution in [3.05, 3.63) is 0 Å². The molecule has 1 N–H and O–H groups in total. The number of nitrogens with zero attached hydrogens (tertiary/aromatic N) is 2. The van der Waals surface area contributed by atoms with Gasteiger partial charge in [0, 0.05) is 18.6 Å². The molecule has 3 atom stereocenters. The minimum Gasteiger partial charge on any atom is -0.479 e. The highest BCUT2D eigenvalue weighted by molar-refractivity contribution is 5.87. The van der Waals surface area contributed by atoms with Gasteiger partial charge in [-0.25, -0.2) is 9.59 Å². The van der Waals surface area contributed by atoms with Crippen LogP contribution in [0, 0.1) is 0 Å². The van der Waals surface area contributed by atoms with Gasteiger partial charge in [-0.15, -0.1) is 0 Å². The molecule has 2 saturated heterocycles. The van der Waals surface area contributed by atoms with E-state index in [2.05, 4.69) is 13.8 Å². The van der Waals surface area contributed by atoms with Crippen LogP contribution in [0.4, 0.5) is 4.79 Å². The molecule has 0 aromatic heterocycles. The van der Waals surface area contributed by atoms with Gasteiger partial charge in [0.05, 0.1) is 0 Å². The number of carbonyl (C=O) groups is 2. The van der Waals surface area contributed by atoms with Crippen LogP contribution in [0.5, 0.6) is 0 Å². The fraction of sp³-hybridized carbons (Fsp3) is 0.867. The molecule has 2 aliphatic rings. The summed E-state index contributed by atoms with van der Waals surface area (Å²) in [5.74, 6) is -0.858. The number of aliphatic carboxylic acids is 1. The van der Waals surface area contributed by atoms with Gasteiger partial charge in [-0.3, -0.25) is 0 Å². The van der Waals surface area contributed by atoms with Crippen molar-refractivity contribution < 1.29 is 14.7 Å². The van der Waals surface area contributed by atoms with Crippen molar-refractivity contribution in [2.45, 2.75) is 76.9 Å². The second-order valence-electron chi connectivity index (χ2n) is 6.26. The summed E-state index contributed by atoms with van der Waals surface area (Å²) in [5, 5.41) is 9.60. The summed E-state index contributed by atoms with van der Waals surface area (Å²) in [6.45, 7) is 6.56. The molecule has 3 unspecified atom stereocenters. The van der Waals surface area contributed by atoms with Gasteiger partial charge >= 0.3 is 12.0 Å². The molecule has 5 nitrogen and oxygen atoms in total. The fourth-order valence-electron chi connectivity index (χ4n) is 3.84. The van der Waals surface area contributed by atoms with Gasteiger partial charge in [-0.2, -0.15) is 0 Å². The van der Waals surface area contributed by atoms with Gasteiger partial charge < -0.3 is 14.9 Å². The number of amides is 2. The van der Waals surface area contributed by atoms with Crippen LogP contribution in [-0.2, 0) is 4.79 Å². The van der Waals surface area contributed by atoms with Crippen molar-refractivity contribution in [1.82, 2.24) is 9.80 Å². The van der Waals surface area contributed by atoms with Crippen LogP contribution in [0.3, 0.4) is 0 Å². The summed E-state index contributed by atoms with van der Waals surface area (Å²) in [6.07, 6.45) is 4.99. The molecule has 0 aromatic rings. The second-order valence-corrected chi connectivity index (χ2v) is 6.26. The standard InChI is InChI=1S/C15H26N2O3/c1-4-15(13(18)19)9-6-10-16(15)14(20)17-11(2)7-5-8-12(17)3/h11-12H,4-10H2,1-3H3,(H,18,19). The molecule has 2 aliphatic heterocycles. The van der Waals surface area contributed by atoms with E-state index >= 15 is 0 Å². The Hall–Kier alpha value is -1.26. The van der Waals surface area contributed by atoms with Gasteiger partial charge in [-0.05, 0) is 52.4 Å². The van der Waals surface area contributed by atoms with Crippen LogP contribution >= 0.6 is 0 Å². The first kappa shape index (κ1) is 15.1. The van der Waals surface area contributed by atoms with Gasteiger partial charge in [0.2, 0.25) is 0 Å². The number of carboxylic acid groups (broad SMARTS) is 1. The summed E-state index contributed by atoms with van der Waals surface area (Å²) in [5.41, 5.74) is -0.992. The monoisotopic (exact) mass is 282 g/mol.